The highest BCUT2D eigenvalue weighted by Gasteiger charge is 2.35. The number of benzene rings is 2. The molecule has 2 aromatic carbocycles. The van der Waals surface area contributed by atoms with Crippen LogP contribution >= 0.6 is 0 Å². The predicted octanol–water partition coefficient (Wildman–Crippen LogP) is -1.24. The molecule has 72 heavy (non-hydrogen) atoms. The minimum absolute atomic E-state index is 0.0161. The van der Waals surface area contributed by atoms with E-state index in [-0.39, 0.29) is 108 Å². The first-order valence-corrected chi connectivity index (χ1v) is 24.1. The SMILES string of the molecule is NC(=O)C[C@@H]1NC(=O)[C@@H](NC(=O)[C@@H](N)CCCN=C(N)N)CCCCC(=O)CC[C@@H](C(N)=O)NC(=O)[C@H](Cc2c[nH]c3ccccc23)CC(=O)[C@H](CCCN=C(N)N)CC(=O)[C@@H](Cc2ccccc2)NC1=O. The van der Waals surface area contributed by atoms with Crippen LogP contribution in [0.1, 0.15) is 94.6 Å². The van der Waals surface area contributed by atoms with Crippen molar-refractivity contribution in [2.45, 2.75) is 127 Å². The summed E-state index contributed by atoms with van der Waals surface area (Å²) in [7, 11) is 0. The summed E-state index contributed by atoms with van der Waals surface area (Å²) >= 11 is 0. The van der Waals surface area contributed by atoms with Crippen LogP contribution in [0.15, 0.2) is 70.8 Å². The summed E-state index contributed by atoms with van der Waals surface area (Å²) in [5.41, 5.74) is 41.5. The van der Waals surface area contributed by atoms with Gasteiger partial charge in [-0.1, -0.05) is 55.0 Å². The summed E-state index contributed by atoms with van der Waals surface area (Å²) in [6.07, 6.45) is 0.958. The fourth-order valence-electron chi connectivity index (χ4n) is 8.47. The molecule has 2 heterocycles. The van der Waals surface area contributed by atoms with Gasteiger partial charge in [0, 0.05) is 67.7 Å². The lowest BCUT2D eigenvalue weighted by Gasteiger charge is -2.26. The topological polar surface area (TPSA) is 424 Å². The molecule has 6 amide bonds. The third kappa shape index (κ3) is 19.2. The van der Waals surface area contributed by atoms with Crippen LogP contribution in [-0.4, -0.2) is 113 Å². The van der Waals surface area contributed by atoms with E-state index in [4.69, 9.17) is 40.1 Å². The van der Waals surface area contributed by atoms with Gasteiger partial charge in [0.2, 0.25) is 35.4 Å². The summed E-state index contributed by atoms with van der Waals surface area (Å²) in [5.74, 6) is -8.95. The molecule has 0 unspecified atom stereocenters. The van der Waals surface area contributed by atoms with E-state index in [0.717, 1.165) is 10.9 Å². The first-order valence-electron chi connectivity index (χ1n) is 24.1. The molecule has 0 aliphatic carbocycles. The zero-order chi connectivity index (χ0) is 52.7. The number of carbonyl (C=O) groups excluding carboxylic acids is 9. The van der Waals surface area contributed by atoms with Crippen LogP contribution in [0.3, 0.4) is 0 Å². The van der Waals surface area contributed by atoms with Crippen LogP contribution < -0.4 is 61.4 Å². The van der Waals surface area contributed by atoms with Gasteiger partial charge in [-0.15, -0.1) is 0 Å². The molecule has 1 aromatic heterocycles. The molecule has 1 aliphatic rings. The fraction of sp³-hybridized carbons (Fsp3) is 0.490. The Morgan fingerprint density at radius 3 is 2.01 bits per heavy atom. The van der Waals surface area contributed by atoms with E-state index in [0.29, 0.717) is 17.5 Å². The number of aliphatic imine (C=N–C) groups is 2. The molecule has 0 saturated carbocycles. The average molecular weight is 999 g/mol. The zero-order valence-electron chi connectivity index (χ0n) is 40.4. The first-order chi connectivity index (χ1) is 34.3. The van der Waals surface area contributed by atoms with Gasteiger partial charge in [0.25, 0.3) is 0 Å². The lowest BCUT2D eigenvalue weighted by atomic mass is 9.83. The highest BCUT2D eigenvalue weighted by Crippen LogP contribution is 2.26. The molecule has 7 atom stereocenters. The van der Waals surface area contributed by atoms with E-state index in [1.807, 2.05) is 24.3 Å². The van der Waals surface area contributed by atoms with Gasteiger partial charge in [0.15, 0.2) is 17.7 Å². The molecule has 23 heteroatoms. The monoisotopic (exact) mass is 999 g/mol. The Labute approximate surface area is 417 Å². The second kappa shape index (κ2) is 28.8. The Balaban J connectivity index is 1.75. The second-order valence-corrected chi connectivity index (χ2v) is 18.1. The van der Waals surface area contributed by atoms with Gasteiger partial charge in [-0.05, 0) is 75.0 Å². The number of fused-ring (bicyclic) bond motifs is 1. The number of para-hydroxylation sites is 1. The number of ketones is 3. The number of rotatable bonds is 17. The van der Waals surface area contributed by atoms with Crippen molar-refractivity contribution in [3.63, 3.8) is 0 Å². The molecular weight excluding hydrogens is 929 g/mol. The Morgan fingerprint density at radius 1 is 0.681 bits per heavy atom. The summed E-state index contributed by atoms with van der Waals surface area (Å²) in [4.78, 5) is 135. The van der Waals surface area contributed by atoms with Crippen LogP contribution in [-0.2, 0) is 56.0 Å². The molecule has 4 rings (SSSR count). The number of H-pyrrole nitrogens is 1. The smallest absolute Gasteiger partial charge is 0.243 e. The molecule has 0 radical (unpaired) electrons. The van der Waals surface area contributed by atoms with E-state index >= 15 is 0 Å². The third-order valence-corrected chi connectivity index (χ3v) is 12.4. The highest BCUT2D eigenvalue weighted by molar-refractivity contribution is 5.99. The van der Waals surface area contributed by atoms with Gasteiger partial charge in [-0.3, -0.25) is 53.1 Å². The Morgan fingerprint density at radius 2 is 1.33 bits per heavy atom. The van der Waals surface area contributed by atoms with Crippen LogP contribution in [0.5, 0.6) is 0 Å². The van der Waals surface area contributed by atoms with E-state index in [9.17, 15) is 43.2 Å². The van der Waals surface area contributed by atoms with Crippen molar-refractivity contribution in [2.75, 3.05) is 13.1 Å². The summed E-state index contributed by atoms with van der Waals surface area (Å²) in [6, 6.07) is 9.35. The van der Waals surface area contributed by atoms with Crippen molar-refractivity contribution in [1.29, 1.82) is 0 Å². The maximum absolute atomic E-state index is 14.7. The van der Waals surface area contributed by atoms with Crippen molar-refractivity contribution in [2.24, 2.45) is 62.0 Å². The number of primary amides is 2. The van der Waals surface area contributed by atoms with Crippen molar-refractivity contribution < 1.29 is 43.2 Å². The number of amides is 6. The normalized spacial score (nSPS) is 21.8. The summed E-state index contributed by atoms with van der Waals surface area (Å²) < 4.78 is 0. The first kappa shape index (κ1) is 56.9. The molecule has 1 fully saturated rings. The predicted molar refractivity (Wildman–Crippen MR) is 270 cm³/mol. The number of nitrogens with zero attached hydrogens (tertiary/aromatic N) is 2. The fourth-order valence-corrected chi connectivity index (χ4v) is 8.47. The largest absolute Gasteiger partial charge is 0.370 e. The third-order valence-electron chi connectivity index (χ3n) is 12.4. The van der Waals surface area contributed by atoms with E-state index in [1.54, 1.807) is 36.5 Å². The van der Waals surface area contributed by atoms with Crippen LogP contribution in [0.2, 0.25) is 0 Å². The standard InChI is InChI=1S/C49H70N14O9/c50-34(15-9-21-58-49(55)56)45(70)61-37-17-6-4-13-32(64)18-19-36(43(52)68)60-44(69)30(23-31-27-59-35-16-7-5-14-33(31)35)25-40(65)29(12-8-20-57-48(53)54)24-41(66)38(22-28-10-2-1-3-11-28)62-47(72)39(26-42(51)67)63-46(37)71/h1-3,5,7,10-11,14,16,27,29-30,34,36-39,59H,4,6,8-9,12-13,15,17-26,50H2,(H2,51,67)(H2,52,68)(H,60,69)(H,61,70)(H,62,72)(H,63,71)(H4,53,54,57)(H4,55,56,58)/t29-,30-,34+,36+,37+,38-,39+/m1/s1. The molecule has 3 aromatic rings. The van der Waals surface area contributed by atoms with Gasteiger partial charge >= 0.3 is 0 Å². The van der Waals surface area contributed by atoms with Gasteiger partial charge < -0.3 is 66.4 Å². The number of nitrogens with two attached hydrogens (primary N) is 7. The lowest BCUT2D eigenvalue weighted by Crippen LogP contribution is -2.58. The van der Waals surface area contributed by atoms with Gasteiger partial charge in [-0.2, -0.15) is 0 Å². The quantitative estimate of drug-likeness (QED) is 0.0428. The number of aromatic amines is 1. The minimum Gasteiger partial charge on any atom is -0.370 e. The maximum Gasteiger partial charge on any atom is 0.243 e. The van der Waals surface area contributed by atoms with Gasteiger partial charge in [0.05, 0.1) is 18.5 Å². The number of carbonyl (C=O) groups is 9. The van der Waals surface area contributed by atoms with Crippen molar-refractivity contribution in [3.8, 4) is 0 Å². The van der Waals surface area contributed by atoms with E-state index < -0.39 is 102 Å². The molecule has 1 aliphatic heterocycles. The number of Topliss-reactive ketones (excluding diaryl/α,β-unsaturated/α-hetero) is 3. The molecule has 0 spiro atoms. The number of nitrogens with one attached hydrogen (secondary N) is 5. The maximum atomic E-state index is 14.7. The molecule has 23 nitrogen and oxygen atoms in total. The minimum atomic E-state index is -1.64. The lowest BCUT2D eigenvalue weighted by molar-refractivity contribution is -0.136. The number of aromatic nitrogens is 1. The Bertz CT molecular complexity index is 2430. The van der Waals surface area contributed by atoms with E-state index in [2.05, 4.69) is 36.2 Å². The molecule has 0 bridgehead atoms. The Hall–Kier alpha value is -7.69. The Kier molecular flexibility index (Phi) is 22.8. The molecule has 19 N–H and O–H groups in total. The van der Waals surface area contributed by atoms with Gasteiger partial charge in [-0.25, -0.2) is 0 Å². The highest BCUT2D eigenvalue weighted by atomic mass is 16.2. The van der Waals surface area contributed by atoms with Crippen molar-refractivity contribution in [1.82, 2.24) is 26.3 Å². The van der Waals surface area contributed by atoms with Crippen molar-refractivity contribution in [3.05, 3.63) is 71.9 Å². The molecule has 390 valence electrons. The van der Waals surface area contributed by atoms with Crippen molar-refractivity contribution >= 4 is 75.6 Å². The molecular formula is C49H70N14O9. The van der Waals surface area contributed by atoms with E-state index in [1.165, 1.54) is 0 Å². The average Bonchev–Trinajstić information content (AvgIpc) is 3.74. The molecule has 1 saturated heterocycles. The van der Waals surface area contributed by atoms with Crippen LogP contribution in [0.25, 0.3) is 10.9 Å². The number of hydrogen-bond acceptors (Lipinski definition) is 12. The van der Waals surface area contributed by atoms with Crippen LogP contribution in [0, 0.1) is 11.8 Å². The zero-order valence-corrected chi connectivity index (χ0v) is 40.4. The number of hydrogen-bond donors (Lipinski definition) is 12. The van der Waals surface area contributed by atoms with Gasteiger partial charge in [0.1, 0.15) is 29.7 Å². The van der Waals surface area contributed by atoms with Crippen LogP contribution in [0.4, 0.5) is 0 Å². The summed E-state index contributed by atoms with van der Waals surface area (Å²) in [5, 5.41) is 11.3. The summed E-state index contributed by atoms with van der Waals surface area (Å²) in [6.45, 7) is 0.290. The second-order valence-electron chi connectivity index (χ2n) is 18.1. The number of guanidine groups is 2.